The SMILES string of the molecule is CN(C)C=C(C=O)C=C1C(=O)c2ccccc2C1=O. The van der Waals surface area contributed by atoms with Gasteiger partial charge in [0.25, 0.3) is 0 Å². The molecule has 0 bridgehead atoms. The molecule has 2 rings (SSSR count). The summed E-state index contributed by atoms with van der Waals surface area (Å²) in [7, 11) is 3.52. The van der Waals surface area contributed by atoms with Gasteiger partial charge in [-0.05, 0) is 6.08 Å². The number of aldehydes is 1. The van der Waals surface area contributed by atoms with Crippen LogP contribution in [0.15, 0.2) is 47.7 Å². The molecule has 0 atom stereocenters. The van der Waals surface area contributed by atoms with E-state index in [0.29, 0.717) is 17.4 Å². The number of carbonyl (C=O) groups is 3. The first-order chi connectivity index (χ1) is 9.04. The van der Waals surface area contributed by atoms with Crippen LogP contribution in [0.2, 0.25) is 0 Å². The van der Waals surface area contributed by atoms with Gasteiger partial charge in [0.05, 0.1) is 5.57 Å². The molecule has 0 saturated heterocycles. The number of allylic oxidation sites excluding steroid dienone is 3. The van der Waals surface area contributed by atoms with Gasteiger partial charge in [-0.25, -0.2) is 0 Å². The fourth-order valence-electron chi connectivity index (χ4n) is 1.97. The molecule has 0 N–H and O–H groups in total. The van der Waals surface area contributed by atoms with E-state index in [-0.39, 0.29) is 22.7 Å². The van der Waals surface area contributed by atoms with E-state index < -0.39 is 0 Å². The molecule has 0 fully saturated rings. The van der Waals surface area contributed by atoms with Gasteiger partial charge >= 0.3 is 0 Å². The Hall–Kier alpha value is -2.49. The lowest BCUT2D eigenvalue weighted by atomic mass is 10.1. The summed E-state index contributed by atoms with van der Waals surface area (Å²) in [5, 5.41) is 0. The minimum absolute atomic E-state index is 0.0430. The van der Waals surface area contributed by atoms with Crippen molar-refractivity contribution in [2.75, 3.05) is 14.1 Å². The fourth-order valence-corrected chi connectivity index (χ4v) is 1.97. The standard InChI is InChI=1S/C15H13NO3/c1-16(2)8-10(9-17)7-13-14(18)11-5-3-4-6-12(11)15(13)19/h3-9H,1-2H3. The van der Waals surface area contributed by atoms with Gasteiger partial charge in [-0.1, -0.05) is 24.3 Å². The number of rotatable bonds is 3. The third-order valence-corrected chi connectivity index (χ3v) is 2.76. The normalized spacial score (nSPS) is 14.4. The van der Waals surface area contributed by atoms with Gasteiger partial charge in [-0.2, -0.15) is 0 Å². The lowest BCUT2D eigenvalue weighted by Crippen LogP contribution is -2.05. The van der Waals surface area contributed by atoms with Gasteiger partial charge in [0.15, 0.2) is 17.9 Å². The number of hydrogen-bond donors (Lipinski definition) is 0. The van der Waals surface area contributed by atoms with Crippen molar-refractivity contribution < 1.29 is 14.4 Å². The monoisotopic (exact) mass is 255 g/mol. The Labute approximate surface area is 111 Å². The third kappa shape index (κ3) is 2.38. The highest BCUT2D eigenvalue weighted by atomic mass is 16.2. The molecule has 1 aliphatic carbocycles. The van der Waals surface area contributed by atoms with Crippen LogP contribution in [0.1, 0.15) is 20.7 Å². The predicted molar refractivity (Wildman–Crippen MR) is 71.0 cm³/mol. The van der Waals surface area contributed by atoms with Crippen molar-refractivity contribution in [3.63, 3.8) is 0 Å². The van der Waals surface area contributed by atoms with E-state index in [9.17, 15) is 14.4 Å². The third-order valence-electron chi connectivity index (χ3n) is 2.76. The van der Waals surface area contributed by atoms with Gasteiger partial charge in [-0.3, -0.25) is 14.4 Å². The second kappa shape index (κ2) is 5.02. The van der Waals surface area contributed by atoms with Crippen molar-refractivity contribution in [3.05, 3.63) is 58.8 Å². The first-order valence-corrected chi connectivity index (χ1v) is 5.78. The maximum Gasteiger partial charge on any atom is 0.197 e. The molecule has 0 saturated carbocycles. The van der Waals surface area contributed by atoms with Gasteiger partial charge in [0.1, 0.15) is 0 Å². The Morgan fingerprint density at radius 1 is 1.05 bits per heavy atom. The zero-order valence-electron chi connectivity index (χ0n) is 10.7. The number of Topliss-reactive ketones (excluding diaryl/α,β-unsaturated/α-hetero) is 2. The summed E-state index contributed by atoms with van der Waals surface area (Å²) in [5.41, 5.74) is 1.12. The van der Waals surface area contributed by atoms with E-state index in [1.165, 1.54) is 6.08 Å². The number of carbonyl (C=O) groups excluding carboxylic acids is 3. The number of benzene rings is 1. The van der Waals surface area contributed by atoms with Crippen LogP contribution in [-0.4, -0.2) is 36.8 Å². The summed E-state index contributed by atoms with van der Waals surface area (Å²) in [5.74, 6) is -0.654. The van der Waals surface area contributed by atoms with E-state index in [1.54, 1.807) is 49.5 Å². The Kier molecular flexibility index (Phi) is 3.42. The first kappa shape index (κ1) is 13.0. The van der Waals surface area contributed by atoms with Crippen LogP contribution in [0, 0.1) is 0 Å². The van der Waals surface area contributed by atoms with Crippen LogP contribution < -0.4 is 0 Å². The van der Waals surface area contributed by atoms with Crippen LogP contribution >= 0.6 is 0 Å². The average molecular weight is 255 g/mol. The summed E-state index contributed by atoms with van der Waals surface area (Å²) in [6.07, 6.45) is 3.53. The number of hydrogen-bond acceptors (Lipinski definition) is 4. The molecule has 1 aliphatic rings. The van der Waals surface area contributed by atoms with E-state index >= 15 is 0 Å². The molecule has 1 aromatic rings. The highest BCUT2D eigenvalue weighted by Crippen LogP contribution is 2.26. The highest BCUT2D eigenvalue weighted by molar-refractivity contribution is 6.39. The number of nitrogens with zero attached hydrogens (tertiary/aromatic N) is 1. The minimum Gasteiger partial charge on any atom is -0.383 e. The summed E-state index contributed by atoms with van der Waals surface area (Å²) >= 11 is 0. The van der Waals surface area contributed by atoms with E-state index in [2.05, 4.69) is 0 Å². The predicted octanol–water partition coefficient (Wildman–Crippen LogP) is 1.64. The molecule has 1 aromatic carbocycles. The Bertz CT molecular complexity index is 587. The van der Waals surface area contributed by atoms with Crippen molar-refractivity contribution in [3.8, 4) is 0 Å². The summed E-state index contributed by atoms with van der Waals surface area (Å²) in [6, 6.07) is 6.66. The number of ketones is 2. The van der Waals surface area contributed by atoms with Crippen molar-refractivity contribution >= 4 is 17.9 Å². The summed E-state index contributed by atoms with van der Waals surface area (Å²) < 4.78 is 0. The Morgan fingerprint density at radius 2 is 1.58 bits per heavy atom. The molecular formula is C15H13NO3. The maximum absolute atomic E-state index is 12.1. The lowest BCUT2D eigenvalue weighted by molar-refractivity contribution is -0.104. The van der Waals surface area contributed by atoms with Gasteiger partial charge in [0, 0.05) is 37.0 Å². The molecule has 0 heterocycles. The largest absolute Gasteiger partial charge is 0.383 e. The van der Waals surface area contributed by atoms with Crippen LogP contribution in [0.4, 0.5) is 0 Å². The Morgan fingerprint density at radius 3 is 2.00 bits per heavy atom. The molecule has 96 valence electrons. The molecule has 0 radical (unpaired) electrons. The van der Waals surface area contributed by atoms with E-state index in [4.69, 9.17) is 0 Å². The fraction of sp³-hybridized carbons (Fsp3) is 0.133. The molecule has 4 nitrogen and oxygen atoms in total. The van der Waals surface area contributed by atoms with Crippen molar-refractivity contribution in [1.29, 1.82) is 0 Å². The Balaban J connectivity index is 2.47. The van der Waals surface area contributed by atoms with Crippen molar-refractivity contribution in [1.82, 2.24) is 4.90 Å². The molecule has 0 aliphatic heterocycles. The second-order valence-electron chi connectivity index (χ2n) is 4.47. The number of fused-ring (bicyclic) bond motifs is 1. The molecular weight excluding hydrogens is 242 g/mol. The van der Waals surface area contributed by atoms with Crippen LogP contribution in [0.3, 0.4) is 0 Å². The quantitative estimate of drug-likeness (QED) is 0.468. The first-order valence-electron chi connectivity index (χ1n) is 5.78. The van der Waals surface area contributed by atoms with Crippen LogP contribution in [0.5, 0.6) is 0 Å². The summed E-state index contributed by atoms with van der Waals surface area (Å²) in [6.45, 7) is 0. The maximum atomic E-state index is 12.1. The van der Waals surface area contributed by atoms with Crippen LogP contribution in [-0.2, 0) is 4.79 Å². The molecule has 0 amide bonds. The molecule has 19 heavy (non-hydrogen) atoms. The van der Waals surface area contributed by atoms with Gasteiger partial charge < -0.3 is 4.90 Å². The zero-order valence-corrected chi connectivity index (χ0v) is 10.7. The van der Waals surface area contributed by atoms with Gasteiger partial charge in [0.2, 0.25) is 0 Å². The van der Waals surface area contributed by atoms with E-state index in [1.807, 2.05) is 0 Å². The minimum atomic E-state index is -0.327. The molecule has 0 unspecified atom stereocenters. The second-order valence-corrected chi connectivity index (χ2v) is 4.47. The topological polar surface area (TPSA) is 54.5 Å². The zero-order chi connectivity index (χ0) is 14.0. The molecule has 4 heteroatoms. The summed E-state index contributed by atoms with van der Waals surface area (Å²) in [4.78, 5) is 36.8. The highest BCUT2D eigenvalue weighted by Gasteiger charge is 2.32. The molecule has 0 aromatic heterocycles. The van der Waals surface area contributed by atoms with Crippen LogP contribution in [0.25, 0.3) is 0 Å². The van der Waals surface area contributed by atoms with Gasteiger partial charge in [-0.15, -0.1) is 0 Å². The van der Waals surface area contributed by atoms with Crippen molar-refractivity contribution in [2.24, 2.45) is 0 Å². The van der Waals surface area contributed by atoms with Crippen molar-refractivity contribution in [2.45, 2.75) is 0 Å². The van der Waals surface area contributed by atoms with E-state index in [0.717, 1.165) is 0 Å². The average Bonchev–Trinajstić information content (AvgIpc) is 2.63. The molecule has 0 spiro atoms. The smallest absolute Gasteiger partial charge is 0.197 e. The lowest BCUT2D eigenvalue weighted by Gasteiger charge is -2.04.